The third-order valence-corrected chi connectivity index (χ3v) is 15.5. The van der Waals surface area contributed by atoms with E-state index < -0.39 is 83.6 Å². The van der Waals surface area contributed by atoms with Gasteiger partial charge < -0.3 is 56.7 Å². The molecule has 1 aromatic heterocycles. The summed E-state index contributed by atoms with van der Waals surface area (Å²) in [6.45, 7) is 5.72. The summed E-state index contributed by atoms with van der Waals surface area (Å²) >= 11 is 1.52. The molecule has 3 fully saturated rings. The van der Waals surface area contributed by atoms with Gasteiger partial charge in [0.25, 0.3) is 17.7 Å². The second kappa shape index (κ2) is 26.4. The summed E-state index contributed by atoms with van der Waals surface area (Å²) in [7, 11) is 1.91. The van der Waals surface area contributed by atoms with Crippen LogP contribution in [0.3, 0.4) is 0 Å². The largest absolute Gasteiger partial charge is 0.509 e. The SMILES string of the molecule is Cc1ncsc1-c1ccc([C@H](C)NC(=O)C2CC(OC(=O)OC(C(=O)N3CCN(C)CC3)c3ccc(NC(=O)[C@H](CCCNC(N)=O)NC(=O)C4(C(=O)NCCCCCN5C(=O)C=CC5=O)CCC4)cc3)CN2C(=O)O)cc1. The lowest BCUT2D eigenvalue weighted by Crippen LogP contribution is -2.58. The molecule has 2 saturated heterocycles. The molecule has 3 aromatic rings. The fraction of sp³-hybridized carbons (Fsp3) is 0.491. The van der Waals surface area contributed by atoms with Crippen LogP contribution in [-0.2, 0) is 43.0 Å². The number of imide groups is 1. The Kier molecular flexibility index (Phi) is 19.6. The van der Waals surface area contributed by atoms with Gasteiger partial charge in [-0.2, -0.15) is 0 Å². The van der Waals surface area contributed by atoms with Crippen molar-refractivity contribution in [2.24, 2.45) is 11.1 Å². The lowest BCUT2D eigenvalue weighted by atomic mass is 9.67. The van der Waals surface area contributed by atoms with Gasteiger partial charge in [0, 0.05) is 75.6 Å². The van der Waals surface area contributed by atoms with Crippen LogP contribution in [0.1, 0.15) is 93.7 Å². The number of carbonyl (C=O) groups is 10. The van der Waals surface area contributed by atoms with Gasteiger partial charge in [0.1, 0.15) is 23.6 Å². The van der Waals surface area contributed by atoms with Gasteiger partial charge in [-0.15, -0.1) is 11.3 Å². The number of carboxylic acid groups (broad SMARTS) is 1. The Morgan fingerprint density at radius 2 is 1.51 bits per heavy atom. The summed E-state index contributed by atoms with van der Waals surface area (Å²) in [5.41, 5.74) is 8.69. The summed E-state index contributed by atoms with van der Waals surface area (Å²) in [6.07, 6.45) is 0.0169. The number of nitrogens with two attached hydrogens (primary N) is 1. The van der Waals surface area contributed by atoms with E-state index in [1.807, 2.05) is 43.1 Å². The molecule has 3 unspecified atom stereocenters. The molecular weight excluding hydrogens is 1030 g/mol. The second-order valence-electron chi connectivity index (χ2n) is 19.9. The number of piperazine rings is 1. The summed E-state index contributed by atoms with van der Waals surface area (Å²) in [6, 6.07) is 9.84. The minimum absolute atomic E-state index is 0.0433. The first kappa shape index (κ1) is 57.8. The van der Waals surface area contributed by atoms with Gasteiger partial charge in [-0.05, 0) is 89.1 Å². The Morgan fingerprint density at radius 3 is 2.13 bits per heavy atom. The highest BCUT2D eigenvalue weighted by Gasteiger charge is 2.51. The number of primary amides is 1. The molecule has 3 aliphatic heterocycles. The number of aromatic nitrogens is 1. The number of aryl methyl sites for hydroxylation is 1. The number of rotatable bonds is 23. The average Bonchev–Trinajstić information content (AvgIpc) is 4.15. The summed E-state index contributed by atoms with van der Waals surface area (Å²) in [5.74, 6) is -3.64. The lowest BCUT2D eigenvalue weighted by Gasteiger charge is -2.39. The molecule has 8 N–H and O–H groups in total. The van der Waals surface area contributed by atoms with Gasteiger partial charge in [-0.1, -0.05) is 42.8 Å². The molecule has 1 saturated carbocycles. The van der Waals surface area contributed by atoms with E-state index in [9.17, 15) is 53.1 Å². The van der Waals surface area contributed by atoms with Crippen LogP contribution in [0.2, 0.25) is 0 Å². The molecule has 0 radical (unpaired) electrons. The third-order valence-electron chi connectivity index (χ3n) is 14.5. The van der Waals surface area contributed by atoms with Crippen LogP contribution in [-0.4, -0.2) is 167 Å². The van der Waals surface area contributed by atoms with Crippen molar-refractivity contribution < 1.29 is 62.5 Å². The molecule has 25 heteroatoms. The molecule has 418 valence electrons. The molecule has 0 spiro atoms. The Bertz CT molecular complexity index is 2720. The number of carbonyl (C=O) groups excluding carboxylic acids is 9. The highest BCUT2D eigenvalue weighted by Crippen LogP contribution is 2.42. The maximum Gasteiger partial charge on any atom is 0.509 e. The van der Waals surface area contributed by atoms with E-state index in [0.29, 0.717) is 51.9 Å². The van der Waals surface area contributed by atoms with Gasteiger partial charge in [0.05, 0.1) is 28.7 Å². The van der Waals surface area contributed by atoms with Crippen molar-refractivity contribution in [3.8, 4) is 10.4 Å². The number of benzene rings is 2. The van der Waals surface area contributed by atoms with E-state index in [1.54, 1.807) is 17.3 Å². The van der Waals surface area contributed by atoms with Crippen molar-refractivity contribution in [3.05, 3.63) is 83.0 Å². The topological polar surface area (TPSA) is 321 Å². The first-order valence-corrected chi connectivity index (χ1v) is 26.9. The fourth-order valence-corrected chi connectivity index (χ4v) is 10.5. The van der Waals surface area contributed by atoms with Crippen molar-refractivity contribution in [1.29, 1.82) is 0 Å². The van der Waals surface area contributed by atoms with Crippen molar-refractivity contribution in [1.82, 2.24) is 45.9 Å². The van der Waals surface area contributed by atoms with Crippen LogP contribution in [0.5, 0.6) is 0 Å². The average molecular weight is 1100 g/mol. The molecule has 10 amide bonds. The van der Waals surface area contributed by atoms with Crippen molar-refractivity contribution in [3.63, 3.8) is 0 Å². The quantitative estimate of drug-likeness (QED) is 0.0310. The van der Waals surface area contributed by atoms with Gasteiger partial charge in [-0.25, -0.2) is 19.4 Å². The van der Waals surface area contributed by atoms with Crippen LogP contribution < -0.4 is 32.3 Å². The number of nitrogens with zero attached hydrogens (tertiary/aromatic N) is 5. The van der Waals surface area contributed by atoms with E-state index in [1.165, 1.54) is 47.8 Å². The van der Waals surface area contributed by atoms with E-state index in [0.717, 1.165) is 31.5 Å². The van der Waals surface area contributed by atoms with Gasteiger partial charge in [0.15, 0.2) is 0 Å². The van der Waals surface area contributed by atoms with Crippen LogP contribution >= 0.6 is 11.3 Å². The number of unbranched alkanes of at least 4 members (excludes halogenated alkanes) is 2. The molecule has 1 aliphatic carbocycles. The van der Waals surface area contributed by atoms with E-state index >= 15 is 0 Å². The number of ether oxygens (including phenoxy) is 2. The minimum Gasteiger partial charge on any atom is -0.465 e. The van der Waals surface area contributed by atoms with Gasteiger partial charge in [-0.3, -0.25) is 43.4 Å². The Morgan fingerprint density at radius 1 is 0.846 bits per heavy atom. The smallest absolute Gasteiger partial charge is 0.465 e. The number of likely N-dealkylation sites (tertiary alicyclic amines) is 1. The van der Waals surface area contributed by atoms with Crippen LogP contribution in [0.4, 0.5) is 20.1 Å². The first-order chi connectivity index (χ1) is 37.3. The number of hydrogen-bond acceptors (Lipinski definition) is 15. The number of thiazole rings is 1. The normalized spacial score (nSPS) is 19.0. The third kappa shape index (κ3) is 14.5. The Hall–Kier alpha value is -7.93. The number of urea groups is 1. The molecule has 0 bridgehead atoms. The highest BCUT2D eigenvalue weighted by molar-refractivity contribution is 7.13. The van der Waals surface area contributed by atoms with Crippen molar-refractivity contribution >= 4 is 76.7 Å². The highest BCUT2D eigenvalue weighted by atomic mass is 32.1. The van der Waals surface area contributed by atoms with E-state index in [2.05, 4.69) is 31.6 Å². The maximum absolute atomic E-state index is 14.2. The zero-order valence-electron chi connectivity index (χ0n) is 43.8. The number of hydrogen-bond donors (Lipinski definition) is 7. The number of anilines is 1. The standard InChI is InChI=1S/C53H67N11O13S/c1-32(34-10-12-36(13-11-34)44-33(2)57-31-78-44)58-46(68)40-29-38(30-64(40)51(73)74)76-52(75)77-43(47(69)62-27-25-61(3)26-28-62)35-14-16-37(17-15-35)59-45(67)39(9-7-23-56-50(54)72)60-49(71)53(20-8-21-53)48(70)55-22-5-4-6-24-63-41(65)18-19-42(63)66/h10-19,31-32,38-40,43H,4-9,20-30H2,1-3H3,(H,55,70)(H,58,68)(H,59,67)(H,60,71)(H,73,74)(H3,54,56,72)/t32-,38?,39-,40?,43?/m0/s1. The van der Waals surface area contributed by atoms with Gasteiger partial charge in [0.2, 0.25) is 29.7 Å². The molecule has 7 rings (SSSR count). The fourth-order valence-electron chi connectivity index (χ4n) is 9.69. The summed E-state index contributed by atoms with van der Waals surface area (Å²) in [5, 5.41) is 23.8. The molecule has 24 nitrogen and oxygen atoms in total. The predicted molar refractivity (Wildman–Crippen MR) is 283 cm³/mol. The van der Waals surface area contributed by atoms with Crippen molar-refractivity contribution in [2.45, 2.75) is 102 Å². The zero-order valence-corrected chi connectivity index (χ0v) is 44.6. The second-order valence-corrected chi connectivity index (χ2v) is 20.8. The van der Waals surface area contributed by atoms with Crippen molar-refractivity contribution in [2.75, 3.05) is 64.7 Å². The number of amides is 10. The molecule has 5 atom stereocenters. The maximum atomic E-state index is 14.2. The van der Waals surface area contributed by atoms with Crippen LogP contribution in [0.25, 0.3) is 10.4 Å². The van der Waals surface area contributed by atoms with E-state index in [4.69, 9.17) is 15.2 Å². The number of nitrogens with one attached hydrogen (secondary N) is 5. The zero-order chi connectivity index (χ0) is 56.1. The first-order valence-electron chi connectivity index (χ1n) is 26.1. The Balaban J connectivity index is 0.970. The van der Waals surface area contributed by atoms with Gasteiger partial charge >= 0.3 is 18.3 Å². The number of likely N-dealkylation sites (N-methyl/N-ethyl adjacent to an activating group) is 1. The molecule has 4 aliphatic rings. The molecule has 4 heterocycles. The summed E-state index contributed by atoms with van der Waals surface area (Å²) < 4.78 is 11.4. The van der Waals surface area contributed by atoms with E-state index in [-0.39, 0.29) is 81.3 Å². The molecule has 2 aromatic carbocycles. The van der Waals surface area contributed by atoms with Crippen LogP contribution in [0, 0.1) is 12.3 Å². The predicted octanol–water partition coefficient (Wildman–Crippen LogP) is 3.34. The monoisotopic (exact) mass is 1100 g/mol. The minimum atomic E-state index is -1.53. The lowest BCUT2D eigenvalue weighted by molar-refractivity contribution is -0.151. The Labute approximate surface area is 454 Å². The molecule has 78 heavy (non-hydrogen) atoms. The van der Waals surface area contributed by atoms with Crippen LogP contribution in [0.15, 0.2) is 66.2 Å². The molecular formula is C53H67N11O13S. The summed E-state index contributed by atoms with van der Waals surface area (Å²) in [4.78, 5) is 141.